The molecule has 1 heterocycles. The van der Waals surface area contributed by atoms with Crippen molar-refractivity contribution >= 4 is 11.9 Å². The maximum Gasteiger partial charge on any atom is 0.311 e. The lowest BCUT2D eigenvalue weighted by atomic mass is 9.94. The molecule has 6 heteroatoms. The highest BCUT2D eigenvalue weighted by Gasteiger charge is 2.40. The number of hydrogen-bond acceptors (Lipinski definition) is 4. The molecule has 1 rings (SSSR count). The molecule has 20 heavy (non-hydrogen) atoms. The van der Waals surface area contributed by atoms with Crippen LogP contribution in [0.15, 0.2) is 0 Å². The standard InChI is InChI=1S/C14H26N2O4/c1-4-16(12-8-20-7-11(12)14(18)19)13(17)10(6-15)5-9(2)3/h9-12H,4-8,15H2,1-3H3,(H,18,19). The summed E-state index contributed by atoms with van der Waals surface area (Å²) in [5.41, 5.74) is 5.71. The summed E-state index contributed by atoms with van der Waals surface area (Å²) in [5.74, 6) is -1.47. The number of ether oxygens (including phenoxy) is 1. The third-order valence-electron chi connectivity index (χ3n) is 3.78. The van der Waals surface area contributed by atoms with Gasteiger partial charge in [-0.15, -0.1) is 0 Å². The van der Waals surface area contributed by atoms with Crippen molar-refractivity contribution < 1.29 is 19.4 Å². The Kier molecular flexibility index (Phi) is 6.42. The molecule has 0 radical (unpaired) electrons. The van der Waals surface area contributed by atoms with E-state index in [1.165, 1.54) is 0 Å². The normalized spacial score (nSPS) is 23.9. The summed E-state index contributed by atoms with van der Waals surface area (Å²) >= 11 is 0. The number of carbonyl (C=O) groups excluding carboxylic acids is 1. The van der Waals surface area contributed by atoms with Gasteiger partial charge in [-0.25, -0.2) is 0 Å². The number of likely N-dealkylation sites (N-methyl/N-ethyl adjacent to an activating group) is 1. The number of amides is 1. The van der Waals surface area contributed by atoms with E-state index in [0.717, 1.165) is 6.42 Å². The molecule has 1 fully saturated rings. The number of rotatable bonds is 7. The molecule has 3 unspecified atom stereocenters. The molecule has 3 atom stereocenters. The average molecular weight is 286 g/mol. The fourth-order valence-corrected chi connectivity index (χ4v) is 2.74. The van der Waals surface area contributed by atoms with Gasteiger partial charge >= 0.3 is 5.97 Å². The zero-order valence-corrected chi connectivity index (χ0v) is 12.5. The molecule has 1 saturated heterocycles. The van der Waals surface area contributed by atoms with Gasteiger partial charge in [-0.3, -0.25) is 9.59 Å². The van der Waals surface area contributed by atoms with Gasteiger partial charge in [0.1, 0.15) is 5.92 Å². The Hall–Kier alpha value is -1.14. The first-order valence-electron chi connectivity index (χ1n) is 7.23. The molecule has 0 aromatic heterocycles. The Morgan fingerprint density at radius 2 is 2.05 bits per heavy atom. The third kappa shape index (κ3) is 3.93. The second-order valence-corrected chi connectivity index (χ2v) is 5.74. The summed E-state index contributed by atoms with van der Waals surface area (Å²) in [6.07, 6.45) is 0.719. The minimum absolute atomic E-state index is 0.0505. The third-order valence-corrected chi connectivity index (χ3v) is 3.78. The van der Waals surface area contributed by atoms with E-state index >= 15 is 0 Å². The van der Waals surface area contributed by atoms with E-state index in [2.05, 4.69) is 0 Å². The van der Waals surface area contributed by atoms with Gasteiger partial charge in [0.05, 0.1) is 25.2 Å². The molecule has 3 N–H and O–H groups in total. The quantitative estimate of drug-likeness (QED) is 0.713. The molecule has 1 amide bonds. The zero-order valence-electron chi connectivity index (χ0n) is 12.5. The Bertz CT molecular complexity index is 346. The van der Waals surface area contributed by atoms with Crippen LogP contribution in [-0.4, -0.2) is 54.2 Å². The van der Waals surface area contributed by atoms with Crippen molar-refractivity contribution in [2.24, 2.45) is 23.5 Å². The number of carboxylic acids is 1. The van der Waals surface area contributed by atoms with Gasteiger partial charge in [-0.1, -0.05) is 13.8 Å². The van der Waals surface area contributed by atoms with Crippen LogP contribution in [0.1, 0.15) is 27.2 Å². The average Bonchev–Trinajstić information content (AvgIpc) is 2.85. The topological polar surface area (TPSA) is 92.9 Å². The maximum atomic E-state index is 12.6. The first-order chi connectivity index (χ1) is 9.42. The molecule has 1 aliphatic rings. The highest BCUT2D eigenvalue weighted by molar-refractivity contribution is 5.81. The van der Waals surface area contributed by atoms with Gasteiger partial charge in [0.15, 0.2) is 0 Å². The molecular formula is C14H26N2O4. The van der Waals surface area contributed by atoms with Crippen LogP contribution in [0.3, 0.4) is 0 Å². The van der Waals surface area contributed by atoms with E-state index in [0.29, 0.717) is 19.0 Å². The van der Waals surface area contributed by atoms with Crippen LogP contribution >= 0.6 is 0 Å². The largest absolute Gasteiger partial charge is 0.481 e. The number of nitrogens with zero attached hydrogens (tertiary/aromatic N) is 1. The second kappa shape index (κ2) is 7.59. The van der Waals surface area contributed by atoms with Gasteiger partial charge in [0.2, 0.25) is 5.91 Å². The Balaban J connectivity index is 2.82. The van der Waals surface area contributed by atoms with Crippen molar-refractivity contribution in [1.82, 2.24) is 4.90 Å². The molecule has 116 valence electrons. The lowest BCUT2D eigenvalue weighted by Crippen LogP contribution is -2.50. The predicted molar refractivity (Wildman–Crippen MR) is 75.1 cm³/mol. The van der Waals surface area contributed by atoms with Crippen LogP contribution in [0.4, 0.5) is 0 Å². The summed E-state index contributed by atoms with van der Waals surface area (Å²) < 4.78 is 5.25. The first-order valence-corrected chi connectivity index (χ1v) is 7.23. The van der Waals surface area contributed by atoms with Crippen LogP contribution in [0, 0.1) is 17.8 Å². The van der Waals surface area contributed by atoms with Gasteiger partial charge in [0.25, 0.3) is 0 Å². The highest BCUT2D eigenvalue weighted by atomic mass is 16.5. The summed E-state index contributed by atoms with van der Waals surface area (Å²) in [7, 11) is 0. The van der Waals surface area contributed by atoms with Gasteiger partial charge in [0, 0.05) is 13.1 Å². The van der Waals surface area contributed by atoms with Crippen molar-refractivity contribution in [1.29, 1.82) is 0 Å². The van der Waals surface area contributed by atoms with Crippen LogP contribution in [0.2, 0.25) is 0 Å². The Morgan fingerprint density at radius 1 is 1.40 bits per heavy atom. The van der Waals surface area contributed by atoms with Crippen LogP contribution in [0.5, 0.6) is 0 Å². The number of carbonyl (C=O) groups is 2. The van der Waals surface area contributed by atoms with Crippen LogP contribution < -0.4 is 5.73 Å². The number of aliphatic carboxylic acids is 1. The smallest absolute Gasteiger partial charge is 0.311 e. The molecule has 1 aliphatic heterocycles. The predicted octanol–water partition coefficient (Wildman–Crippen LogP) is 0.556. The fourth-order valence-electron chi connectivity index (χ4n) is 2.74. The summed E-state index contributed by atoms with van der Waals surface area (Å²) in [6, 6.07) is -0.383. The molecule has 6 nitrogen and oxygen atoms in total. The van der Waals surface area contributed by atoms with E-state index in [1.807, 2.05) is 20.8 Å². The molecule has 0 spiro atoms. The van der Waals surface area contributed by atoms with Crippen molar-refractivity contribution in [3.63, 3.8) is 0 Å². The minimum atomic E-state index is -0.910. The SMILES string of the molecule is CCN(C(=O)C(CN)CC(C)C)C1COCC1C(=O)O. The van der Waals surface area contributed by atoms with E-state index in [-0.39, 0.29) is 31.1 Å². The second-order valence-electron chi connectivity index (χ2n) is 5.74. The van der Waals surface area contributed by atoms with Gasteiger partial charge in [-0.05, 0) is 19.3 Å². The fraction of sp³-hybridized carbons (Fsp3) is 0.857. The summed E-state index contributed by atoms with van der Waals surface area (Å²) in [4.78, 5) is 25.5. The molecule has 0 aliphatic carbocycles. The molecule has 0 saturated carbocycles. The van der Waals surface area contributed by atoms with E-state index in [1.54, 1.807) is 4.90 Å². The van der Waals surface area contributed by atoms with Crippen LogP contribution in [0.25, 0.3) is 0 Å². The zero-order chi connectivity index (χ0) is 15.3. The molecule has 0 aromatic rings. The van der Waals surface area contributed by atoms with Gasteiger partial charge in [-0.2, -0.15) is 0 Å². The highest BCUT2D eigenvalue weighted by Crippen LogP contribution is 2.23. The lowest BCUT2D eigenvalue weighted by molar-refractivity contribution is -0.146. The summed E-state index contributed by atoms with van der Waals surface area (Å²) in [6.45, 7) is 7.18. The number of carboxylic acid groups (broad SMARTS) is 1. The summed E-state index contributed by atoms with van der Waals surface area (Å²) in [5, 5.41) is 9.21. The van der Waals surface area contributed by atoms with E-state index < -0.39 is 11.9 Å². The van der Waals surface area contributed by atoms with Crippen LogP contribution in [-0.2, 0) is 14.3 Å². The Morgan fingerprint density at radius 3 is 2.50 bits per heavy atom. The lowest BCUT2D eigenvalue weighted by Gasteiger charge is -2.32. The monoisotopic (exact) mass is 286 g/mol. The molecular weight excluding hydrogens is 260 g/mol. The Labute approximate surface area is 120 Å². The van der Waals surface area contributed by atoms with E-state index in [9.17, 15) is 14.7 Å². The molecule has 0 bridgehead atoms. The molecule has 0 aromatic carbocycles. The van der Waals surface area contributed by atoms with Gasteiger partial charge < -0.3 is 20.5 Å². The van der Waals surface area contributed by atoms with Crippen molar-refractivity contribution in [3.8, 4) is 0 Å². The maximum absolute atomic E-state index is 12.6. The number of hydrogen-bond donors (Lipinski definition) is 2. The van der Waals surface area contributed by atoms with Crippen molar-refractivity contribution in [3.05, 3.63) is 0 Å². The minimum Gasteiger partial charge on any atom is -0.481 e. The number of nitrogens with two attached hydrogens (primary N) is 1. The van der Waals surface area contributed by atoms with E-state index in [4.69, 9.17) is 10.5 Å². The van der Waals surface area contributed by atoms with Crippen molar-refractivity contribution in [2.45, 2.75) is 33.2 Å². The van der Waals surface area contributed by atoms with Crippen molar-refractivity contribution in [2.75, 3.05) is 26.3 Å². The first kappa shape index (κ1) is 16.9.